The quantitative estimate of drug-likeness (QED) is 0.650. The van der Waals surface area contributed by atoms with E-state index >= 15 is 0 Å². The lowest BCUT2D eigenvalue weighted by Crippen LogP contribution is -2.59. The van der Waals surface area contributed by atoms with Crippen LogP contribution in [0.25, 0.3) is 0 Å². The number of fused-ring (bicyclic) bond motifs is 3. The van der Waals surface area contributed by atoms with Gasteiger partial charge in [0.15, 0.2) is 0 Å². The van der Waals surface area contributed by atoms with Crippen molar-refractivity contribution in [2.75, 3.05) is 26.4 Å². The number of amides is 1. The van der Waals surface area contributed by atoms with Crippen LogP contribution in [-0.2, 0) is 14.9 Å². The van der Waals surface area contributed by atoms with Crippen LogP contribution < -0.4 is 15.8 Å². The van der Waals surface area contributed by atoms with Gasteiger partial charge in [0.1, 0.15) is 12.4 Å². The topological polar surface area (TPSA) is 73.6 Å². The highest BCUT2D eigenvalue weighted by Crippen LogP contribution is 2.53. The Hall–Kier alpha value is -1.63. The van der Waals surface area contributed by atoms with Crippen LogP contribution in [0.15, 0.2) is 36.2 Å². The van der Waals surface area contributed by atoms with Crippen LogP contribution in [0.2, 0.25) is 0 Å². The molecule has 7 heteroatoms. The Labute approximate surface area is 190 Å². The summed E-state index contributed by atoms with van der Waals surface area (Å²) in [6.45, 7) is 1.73. The zero-order chi connectivity index (χ0) is 21.0. The number of benzene rings is 1. The summed E-state index contributed by atoms with van der Waals surface area (Å²) in [5.41, 5.74) is 7.44. The van der Waals surface area contributed by atoms with Gasteiger partial charge >= 0.3 is 0 Å². The van der Waals surface area contributed by atoms with Gasteiger partial charge in [0.05, 0.1) is 6.33 Å². The SMILES string of the molecule is Cl.NC/C(=C\F)COc1ccc(C23CCC(NC(=O)C4CCOCC4)(CC2)CC3)cc1. The number of hydrogen-bond acceptors (Lipinski definition) is 4. The van der Waals surface area contributed by atoms with Gasteiger partial charge in [0.25, 0.3) is 0 Å². The molecule has 4 aliphatic rings. The second-order valence-electron chi connectivity index (χ2n) is 9.22. The standard InChI is InChI=1S/C24H33FN2O3.ClH/c25-15-18(16-26)17-30-21-3-1-20(2-4-21)23-7-10-24(11-8-23,12-9-23)27-22(28)19-5-13-29-14-6-19;/h1-4,15,19H,5-14,16-17,26H2,(H,27,28);1H/b18-15+;. The molecular weight excluding hydrogens is 419 g/mol. The van der Waals surface area contributed by atoms with Crippen molar-refractivity contribution in [1.29, 1.82) is 0 Å². The molecule has 2 bridgehead atoms. The summed E-state index contributed by atoms with van der Waals surface area (Å²) in [5, 5.41) is 3.45. The molecule has 3 saturated carbocycles. The molecule has 0 atom stereocenters. The van der Waals surface area contributed by atoms with E-state index in [1.165, 1.54) is 5.56 Å². The van der Waals surface area contributed by atoms with Gasteiger partial charge in [-0.15, -0.1) is 12.4 Å². The maximum absolute atomic E-state index is 12.8. The predicted octanol–water partition coefficient (Wildman–Crippen LogP) is 4.19. The predicted molar refractivity (Wildman–Crippen MR) is 121 cm³/mol. The Bertz CT molecular complexity index is 753. The van der Waals surface area contributed by atoms with E-state index < -0.39 is 0 Å². The van der Waals surface area contributed by atoms with E-state index in [1.54, 1.807) is 0 Å². The second kappa shape index (κ2) is 10.3. The molecule has 0 spiro atoms. The van der Waals surface area contributed by atoms with Gasteiger partial charge in [0, 0.05) is 36.8 Å². The van der Waals surface area contributed by atoms with E-state index in [4.69, 9.17) is 15.2 Å². The maximum atomic E-state index is 12.8. The number of carbonyl (C=O) groups is 1. The minimum Gasteiger partial charge on any atom is -0.489 e. The smallest absolute Gasteiger partial charge is 0.223 e. The number of ether oxygens (including phenoxy) is 2. The highest BCUT2D eigenvalue weighted by Gasteiger charge is 2.50. The van der Waals surface area contributed by atoms with Gasteiger partial charge in [-0.3, -0.25) is 4.79 Å². The molecule has 0 aromatic heterocycles. The van der Waals surface area contributed by atoms with Crippen LogP contribution in [0, 0.1) is 5.92 Å². The van der Waals surface area contributed by atoms with Crippen LogP contribution in [0.4, 0.5) is 4.39 Å². The molecule has 172 valence electrons. The summed E-state index contributed by atoms with van der Waals surface area (Å²) >= 11 is 0. The van der Waals surface area contributed by atoms with Crippen molar-refractivity contribution in [2.24, 2.45) is 11.7 Å². The van der Waals surface area contributed by atoms with Gasteiger partial charge in [-0.1, -0.05) is 12.1 Å². The minimum atomic E-state index is -0.0164. The van der Waals surface area contributed by atoms with Crippen molar-refractivity contribution in [3.63, 3.8) is 0 Å². The third-order valence-corrected chi connectivity index (χ3v) is 7.53. The number of nitrogens with two attached hydrogens (primary N) is 1. The molecular formula is C24H34ClFN2O3. The number of halogens is 2. The van der Waals surface area contributed by atoms with Gasteiger partial charge in [-0.2, -0.15) is 0 Å². The van der Waals surface area contributed by atoms with E-state index in [9.17, 15) is 9.18 Å². The monoisotopic (exact) mass is 452 g/mol. The summed E-state index contributed by atoms with van der Waals surface area (Å²) in [6.07, 6.45) is 8.63. The highest BCUT2D eigenvalue weighted by atomic mass is 35.5. The molecule has 1 heterocycles. The Morgan fingerprint density at radius 1 is 1.13 bits per heavy atom. The second-order valence-corrected chi connectivity index (χ2v) is 9.22. The van der Waals surface area contributed by atoms with Gasteiger partial charge in [-0.05, 0) is 74.5 Å². The summed E-state index contributed by atoms with van der Waals surface area (Å²) in [4.78, 5) is 12.8. The van der Waals surface area contributed by atoms with Crippen molar-refractivity contribution in [3.05, 3.63) is 41.7 Å². The summed E-state index contributed by atoms with van der Waals surface area (Å²) in [6, 6.07) is 8.24. The molecule has 1 aliphatic heterocycles. The first kappa shape index (κ1) is 24.0. The van der Waals surface area contributed by atoms with E-state index in [0.717, 1.165) is 57.1 Å². The zero-order valence-corrected chi connectivity index (χ0v) is 18.9. The van der Waals surface area contributed by atoms with Crippen molar-refractivity contribution < 1.29 is 18.7 Å². The van der Waals surface area contributed by atoms with Crippen molar-refractivity contribution in [2.45, 2.75) is 62.3 Å². The van der Waals surface area contributed by atoms with Crippen molar-refractivity contribution in [1.82, 2.24) is 5.32 Å². The molecule has 1 aromatic carbocycles. The van der Waals surface area contributed by atoms with Gasteiger partial charge < -0.3 is 20.5 Å². The first-order chi connectivity index (χ1) is 14.6. The molecule has 31 heavy (non-hydrogen) atoms. The molecule has 4 fully saturated rings. The zero-order valence-electron chi connectivity index (χ0n) is 18.0. The van der Waals surface area contributed by atoms with Crippen LogP contribution in [0.5, 0.6) is 5.75 Å². The lowest BCUT2D eigenvalue weighted by Gasteiger charge is -2.54. The molecule has 0 unspecified atom stereocenters. The molecule has 3 N–H and O–H groups in total. The fraction of sp³-hybridized carbons (Fsp3) is 0.625. The van der Waals surface area contributed by atoms with Crippen LogP contribution in [-0.4, -0.2) is 37.8 Å². The maximum Gasteiger partial charge on any atom is 0.223 e. The summed E-state index contributed by atoms with van der Waals surface area (Å²) in [7, 11) is 0. The van der Waals surface area contributed by atoms with Gasteiger partial charge in [-0.25, -0.2) is 4.39 Å². The molecule has 5 nitrogen and oxygen atoms in total. The van der Waals surface area contributed by atoms with Crippen LogP contribution in [0.1, 0.15) is 56.9 Å². The Morgan fingerprint density at radius 2 is 1.74 bits per heavy atom. The fourth-order valence-electron chi connectivity index (χ4n) is 5.35. The largest absolute Gasteiger partial charge is 0.489 e. The van der Waals surface area contributed by atoms with Crippen LogP contribution in [0.3, 0.4) is 0 Å². The Morgan fingerprint density at radius 3 is 2.29 bits per heavy atom. The Kier molecular flexibility index (Phi) is 8.00. The van der Waals surface area contributed by atoms with E-state index in [1.807, 2.05) is 12.1 Å². The lowest BCUT2D eigenvalue weighted by atomic mass is 9.55. The molecule has 0 radical (unpaired) electrons. The average molecular weight is 453 g/mol. The summed E-state index contributed by atoms with van der Waals surface area (Å²) in [5.74, 6) is 1.07. The minimum absolute atomic E-state index is 0. The molecule has 1 aromatic rings. The summed E-state index contributed by atoms with van der Waals surface area (Å²) < 4.78 is 23.7. The third-order valence-electron chi connectivity index (χ3n) is 7.53. The van der Waals surface area contributed by atoms with E-state index in [0.29, 0.717) is 25.1 Å². The van der Waals surface area contributed by atoms with E-state index in [2.05, 4.69) is 17.4 Å². The van der Waals surface area contributed by atoms with Crippen LogP contribution >= 0.6 is 12.4 Å². The fourth-order valence-corrected chi connectivity index (χ4v) is 5.35. The van der Waals surface area contributed by atoms with Gasteiger partial charge in [0.2, 0.25) is 5.91 Å². The average Bonchev–Trinajstić information content (AvgIpc) is 2.82. The normalized spacial score (nSPS) is 28.6. The number of carbonyl (C=O) groups excluding carboxylic acids is 1. The first-order valence-electron chi connectivity index (χ1n) is 11.2. The van der Waals surface area contributed by atoms with E-state index in [-0.39, 0.29) is 48.3 Å². The number of rotatable bonds is 7. The third kappa shape index (κ3) is 5.24. The van der Waals surface area contributed by atoms with Crippen molar-refractivity contribution in [3.8, 4) is 5.75 Å². The first-order valence-corrected chi connectivity index (χ1v) is 11.2. The number of hydrogen-bond donors (Lipinski definition) is 2. The molecule has 1 amide bonds. The lowest BCUT2D eigenvalue weighted by molar-refractivity contribution is -0.131. The molecule has 5 rings (SSSR count). The Balaban J connectivity index is 0.00000272. The molecule has 3 aliphatic carbocycles. The number of nitrogens with one attached hydrogen (secondary N) is 1. The molecule has 1 saturated heterocycles. The van der Waals surface area contributed by atoms with Crippen molar-refractivity contribution >= 4 is 18.3 Å². The highest BCUT2D eigenvalue weighted by molar-refractivity contribution is 5.85.